The standard InChI is InChI=1S/C21H25IN4O3/c1-12-11-23-24-13(2)20(12)14(3)29-18-9-15-16(10-17(18)27-4)26(25-21(15)22)19-7-5-6-8-28-19/h9-11,14,19H,5-8H2,1-4H3. The maximum absolute atomic E-state index is 6.34. The number of aryl methyl sites for hydroxylation is 2. The zero-order chi connectivity index (χ0) is 20.5. The molecule has 29 heavy (non-hydrogen) atoms. The van der Waals surface area contributed by atoms with E-state index in [0.717, 1.165) is 57.3 Å². The molecular formula is C21H25IN4O3. The van der Waals surface area contributed by atoms with Gasteiger partial charge in [0.05, 0.1) is 24.5 Å². The highest BCUT2D eigenvalue weighted by Crippen LogP contribution is 2.39. The van der Waals surface area contributed by atoms with Gasteiger partial charge in [-0.1, -0.05) is 0 Å². The minimum Gasteiger partial charge on any atom is -0.493 e. The molecule has 4 rings (SSSR count). The van der Waals surface area contributed by atoms with Gasteiger partial charge >= 0.3 is 0 Å². The van der Waals surface area contributed by atoms with E-state index in [2.05, 4.69) is 32.8 Å². The van der Waals surface area contributed by atoms with Crippen molar-refractivity contribution >= 4 is 33.5 Å². The molecule has 154 valence electrons. The summed E-state index contributed by atoms with van der Waals surface area (Å²) in [6.45, 7) is 6.77. The second-order valence-corrected chi connectivity index (χ2v) is 8.39. The summed E-state index contributed by atoms with van der Waals surface area (Å²) in [6, 6.07) is 4.01. The fourth-order valence-corrected chi connectivity index (χ4v) is 4.63. The average Bonchev–Trinajstić information content (AvgIpc) is 3.03. The van der Waals surface area contributed by atoms with E-state index in [1.807, 2.05) is 37.6 Å². The fourth-order valence-electron chi connectivity index (χ4n) is 3.97. The summed E-state index contributed by atoms with van der Waals surface area (Å²) in [5.41, 5.74) is 3.97. The molecule has 2 atom stereocenters. The summed E-state index contributed by atoms with van der Waals surface area (Å²) in [7, 11) is 1.66. The summed E-state index contributed by atoms with van der Waals surface area (Å²) in [5.74, 6) is 1.36. The summed E-state index contributed by atoms with van der Waals surface area (Å²) < 4.78 is 20.9. The largest absolute Gasteiger partial charge is 0.493 e. The zero-order valence-corrected chi connectivity index (χ0v) is 19.3. The summed E-state index contributed by atoms with van der Waals surface area (Å²) in [6.07, 6.45) is 4.77. The predicted octanol–water partition coefficient (Wildman–Crippen LogP) is 4.90. The quantitative estimate of drug-likeness (QED) is 0.457. The fraction of sp³-hybridized carbons (Fsp3) is 0.476. The zero-order valence-electron chi connectivity index (χ0n) is 17.1. The summed E-state index contributed by atoms with van der Waals surface area (Å²) >= 11 is 2.27. The van der Waals surface area contributed by atoms with Crippen LogP contribution < -0.4 is 9.47 Å². The Morgan fingerprint density at radius 2 is 2.07 bits per heavy atom. The van der Waals surface area contributed by atoms with Crippen LogP contribution in [0.3, 0.4) is 0 Å². The Hall–Kier alpha value is -1.94. The predicted molar refractivity (Wildman–Crippen MR) is 118 cm³/mol. The molecule has 1 aliphatic heterocycles. The van der Waals surface area contributed by atoms with Crippen LogP contribution in [0, 0.1) is 17.5 Å². The Morgan fingerprint density at radius 3 is 2.76 bits per heavy atom. The van der Waals surface area contributed by atoms with Crippen molar-refractivity contribution in [2.75, 3.05) is 13.7 Å². The van der Waals surface area contributed by atoms with Crippen molar-refractivity contribution in [2.24, 2.45) is 0 Å². The van der Waals surface area contributed by atoms with Crippen molar-refractivity contribution < 1.29 is 14.2 Å². The number of halogens is 1. The monoisotopic (exact) mass is 508 g/mol. The van der Waals surface area contributed by atoms with Gasteiger partial charge in [-0.15, -0.1) is 0 Å². The Labute approximate surface area is 183 Å². The van der Waals surface area contributed by atoms with E-state index in [4.69, 9.17) is 19.3 Å². The van der Waals surface area contributed by atoms with Crippen molar-refractivity contribution in [1.29, 1.82) is 0 Å². The Bertz CT molecular complexity index is 1010. The van der Waals surface area contributed by atoms with E-state index in [1.54, 1.807) is 13.3 Å². The second-order valence-electron chi connectivity index (χ2n) is 7.36. The van der Waals surface area contributed by atoms with E-state index < -0.39 is 0 Å². The molecule has 0 saturated carbocycles. The molecule has 3 heterocycles. The van der Waals surface area contributed by atoms with Crippen LogP contribution in [0.15, 0.2) is 18.3 Å². The van der Waals surface area contributed by atoms with Crippen LogP contribution in [0.2, 0.25) is 0 Å². The molecule has 0 spiro atoms. The van der Waals surface area contributed by atoms with Crippen LogP contribution >= 0.6 is 22.6 Å². The van der Waals surface area contributed by atoms with E-state index in [-0.39, 0.29) is 12.3 Å². The molecule has 1 saturated heterocycles. The summed E-state index contributed by atoms with van der Waals surface area (Å²) in [5, 5.41) is 14.0. The third-order valence-corrected chi connectivity index (χ3v) is 6.16. The molecule has 0 bridgehead atoms. The number of rotatable bonds is 5. The van der Waals surface area contributed by atoms with Gasteiger partial charge < -0.3 is 14.2 Å². The number of ether oxygens (including phenoxy) is 3. The lowest BCUT2D eigenvalue weighted by Gasteiger charge is -2.24. The first-order valence-electron chi connectivity index (χ1n) is 9.82. The number of hydrogen-bond donors (Lipinski definition) is 0. The van der Waals surface area contributed by atoms with Gasteiger partial charge in [-0.3, -0.25) is 0 Å². The topological polar surface area (TPSA) is 71.3 Å². The third-order valence-electron chi connectivity index (χ3n) is 5.36. The first-order valence-corrected chi connectivity index (χ1v) is 10.9. The molecule has 1 aromatic carbocycles. The first kappa shape index (κ1) is 20.3. The van der Waals surface area contributed by atoms with E-state index in [0.29, 0.717) is 11.5 Å². The molecule has 8 heteroatoms. The lowest BCUT2D eigenvalue weighted by molar-refractivity contribution is -0.0368. The summed E-state index contributed by atoms with van der Waals surface area (Å²) in [4.78, 5) is 0. The van der Waals surface area contributed by atoms with Crippen LogP contribution in [-0.4, -0.2) is 33.7 Å². The van der Waals surface area contributed by atoms with Gasteiger partial charge in [0.2, 0.25) is 0 Å². The van der Waals surface area contributed by atoms with Gasteiger partial charge in [-0.25, -0.2) is 4.68 Å². The maximum atomic E-state index is 6.34. The molecule has 0 amide bonds. The highest BCUT2D eigenvalue weighted by molar-refractivity contribution is 14.1. The highest BCUT2D eigenvalue weighted by Gasteiger charge is 2.23. The maximum Gasteiger partial charge on any atom is 0.162 e. The normalized spacial score (nSPS) is 18.0. The molecule has 1 aliphatic rings. The van der Waals surface area contributed by atoms with E-state index >= 15 is 0 Å². The smallest absolute Gasteiger partial charge is 0.162 e. The molecule has 2 unspecified atom stereocenters. The van der Waals surface area contributed by atoms with Crippen LogP contribution in [0.5, 0.6) is 11.5 Å². The van der Waals surface area contributed by atoms with E-state index in [1.165, 1.54) is 0 Å². The lowest BCUT2D eigenvalue weighted by atomic mass is 10.1. The number of nitrogens with zero attached hydrogens (tertiary/aromatic N) is 4. The number of hydrogen-bond acceptors (Lipinski definition) is 6. The third kappa shape index (κ3) is 3.92. The SMILES string of the molecule is COc1cc2c(cc1OC(C)c1c(C)cnnc1C)c(I)nn2C1CCCCO1. The van der Waals surface area contributed by atoms with Gasteiger partial charge in [-0.2, -0.15) is 15.3 Å². The van der Waals surface area contributed by atoms with Gasteiger partial charge in [0, 0.05) is 23.6 Å². The van der Waals surface area contributed by atoms with E-state index in [9.17, 15) is 0 Å². The molecule has 2 aromatic heterocycles. The van der Waals surface area contributed by atoms with Crippen molar-refractivity contribution in [3.63, 3.8) is 0 Å². The second kappa shape index (κ2) is 8.43. The molecule has 3 aromatic rings. The van der Waals surface area contributed by atoms with Gasteiger partial charge in [0.15, 0.2) is 17.7 Å². The van der Waals surface area contributed by atoms with Crippen LogP contribution in [-0.2, 0) is 4.74 Å². The van der Waals surface area contributed by atoms with Gasteiger partial charge in [0.1, 0.15) is 9.80 Å². The van der Waals surface area contributed by atoms with Crippen molar-refractivity contribution in [3.05, 3.63) is 38.9 Å². The number of benzene rings is 1. The molecular weight excluding hydrogens is 483 g/mol. The Kier molecular flexibility index (Phi) is 5.91. The highest BCUT2D eigenvalue weighted by atomic mass is 127. The minimum absolute atomic E-state index is 0.0293. The molecule has 0 aliphatic carbocycles. The Balaban J connectivity index is 1.72. The van der Waals surface area contributed by atoms with Gasteiger partial charge in [0.25, 0.3) is 0 Å². The first-order chi connectivity index (χ1) is 14.0. The van der Waals surface area contributed by atoms with Crippen LogP contribution in [0.25, 0.3) is 10.9 Å². The average molecular weight is 508 g/mol. The lowest BCUT2D eigenvalue weighted by Crippen LogP contribution is -2.19. The van der Waals surface area contributed by atoms with Crippen LogP contribution in [0.4, 0.5) is 0 Å². The van der Waals surface area contributed by atoms with Crippen molar-refractivity contribution in [3.8, 4) is 11.5 Å². The number of aromatic nitrogens is 4. The molecule has 0 N–H and O–H groups in total. The molecule has 1 fully saturated rings. The Morgan fingerprint density at radius 1 is 1.24 bits per heavy atom. The van der Waals surface area contributed by atoms with Crippen molar-refractivity contribution in [1.82, 2.24) is 20.0 Å². The van der Waals surface area contributed by atoms with Crippen LogP contribution in [0.1, 0.15) is 55.3 Å². The minimum atomic E-state index is -0.189. The molecule has 0 radical (unpaired) electrons. The number of methoxy groups -OCH3 is 1. The molecule has 7 nitrogen and oxygen atoms in total. The number of fused-ring (bicyclic) bond motifs is 1. The van der Waals surface area contributed by atoms with Gasteiger partial charge in [-0.05, 0) is 74.3 Å². The van der Waals surface area contributed by atoms with Crippen molar-refractivity contribution in [2.45, 2.75) is 52.4 Å².